The number of rotatable bonds is 14. The van der Waals surface area contributed by atoms with E-state index in [1.165, 1.54) is 127 Å². The molecular weight excluding hydrogens is 1080 g/mol. The van der Waals surface area contributed by atoms with E-state index in [2.05, 4.69) is 14.9 Å². The van der Waals surface area contributed by atoms with Gasteiger partial charge in [-0.15, -0.1) is 0 Å². The van der Waals surface area contributed by atoms with Gasteiger partial charge < -0.3 is 27.9 Å². The normalized spacial score (nSPS) is 12.1. The van der Waals surface area contributed by atoms with Crippen LogP contribution in [0, 0.1) is 16.2 Å². The van der Waals surface area contributed by atoms with Gasteiger partial charge in [-0.25, -0.2) is 0 Å². The third kappa shape index (κ3) is 9.39. The first-order valence-electron chi connectivity index (χ1n) is 24.2. The molecule has 0 unspecified atom stereocenters. The van der Waals surface area contributed by atoms with Crippen LogP contribution in [0.15, 0.2) is 203 Å². The minimum Gasteiger partial charge on any atom is -0.501 e. The first kappa shape index (κ1) is 53.3. The second kappa shape index (κ2) is 20.0. The van der Waals surface area contributed by atoms with Crippen molar-refractivity contribution in [3.05, 3.63) is 231 Å². The number of aromatic hydroxyl groups is 3. The molecule has 21 heteroatoms. The molecule has 0 aliphatic rings. The Labute approximate surface area is 458 Å². The molecule has 0 aromatic heterocycles. The van der Waals surface area contributed by atoms with Crippen LogP contribution in [-0.2, 0) is 41.2 Å². The molecule has 0 amide bonds. The van der Waals surface area contributed by atoms with Crippen molar-refractivity contribution in [2.24, 2.45) is 0 Å². The molecule has 0 saturated carbocycles. The highest BCUT2D eigenvalue weighted by Crippen LogP contribution is 2.45. The lowest BCUT2D eigenvalue weighted by molar-refractivity contribution is 0.482. The summed E-state index contributed by atoms with van der Waals surface area (Å²) in [7, 11) is -13.4. The zero-order chi connectivity index (χ0) is 56.9. The summed E-state index contributed by atoms with van der Waals surface area (Å²) in [6.45, 7) is 5.93. The Balaban J connectivity index is 0.961. The van der Waals surface area contributed by atoms with E-state index >= 15 is 0 Å². The molecule has 0 heterocycles. The summed E-state index contributed by atoms with van der Waals surface area (Å²) in [6, 6.07) is 47.8. The van der Waals surface area contributed by atoms with E-state index in [1.54, 1.807) is 36.4 Å². The van der Waals surface area contributed by atoms with Gasteiger partial charge in [-0.1, -0.05) is 111 Å². The Morgan fingerprint density at radius 3 is 0.863 bits per heavy atom. The van der Waals surface area contributed by atoms with Crippen molar-refractivity contribution in [2.45, 2.75) is 46.3 Å². The maximum absolute atomic E-state index is 13.8. The second-order valence-corrected chi connectivity index (χ2v) is 23.7. The standard InChI is InChI=1S/C59H40N6O12S3/c1-58(2,36-17-23-40(24-18-36)75-78(69,70)52-10-4-7-46-43(52)29-32-49(63-60)55(46)66)35-13-15-37(16-14-35)59(3,38-19-25-41(26-20-38)76-79(71,72)53-11-5-8-47-44(53)30-33-50(64-61)56(47)67)39-21-27-42(28-22-39)77-80(73,74)54-12-6-9-48-45(54)31-34-51(65-62)57(48)68/h4-34H,1-3H3/p+3. The molecule has 0 saturated heterocycles. The van der Waals surface area contributed by atoms with E-state index < -0.39 is 58.4 Å². The average molecular weight is 1120 g/mol. The average Bonchev–Trinajstić information content (AvgIpc) is 3.45. The van der Waals surface area contributed by atoms with Gasteiger partial charge in [0, 0.05) is 61.3 Å². The van der Waals surface area contributed by atoms with Crippen LogP contribution < -0.4 is 12.5 Å². The van der Waals surface area contributed by atoms with E-state index in [0.717, 1.165) is 16.7 Å². The zero-order valence-electron chi connectivity index (χ0n) is 42.3. The van der Waals surface area contributed by atoms with Crippen molar-refractivity contribution in [1.82, 2.24) is 0 Å². The molecule has 10 aromatic rings. The molecule has 396 valence electrons. The molecule has 80 heavy (non-hydrogen) atoms. The van der Waals surface area contributed by atoms with Gasteiger partial charge in [-0.3, -0.25) is 0 Å². The van der Waals surface area contributed by atoms with E-state index in [1.807, 2.05) is 45.0 Å². The van der Waals surface area contributed by atoms with Crippen molar-refractivity contribution >= 4 is 79.7 Å². The Morgan fingerprint density at radius 1 is 0.338 bits per heavy atom. The van der Waals surface area contributed by atoms with E-state index in [4.69, 9.17) is 12.5 Å². The Bertz CT molecular complexity index is 4480. The largest absolute Gasteiger partial charge is 0.501 e. The van der Waals surface area contributed by atoms with Crippen LogP contribution in [0.4, 0.5) is 17.1 Å². The summed E-state index contributed by atoms with van der Waals surface area (Å²) in [5.41, 5.74) is 1.62. The smallest absolute Gasteiger partial charge is 0.426 e. The number of hydrogen-bond donors (Lipinski definition) is 3. The van der Waals surface area contributed by atoms with E-state index in [0.29, 0.717) is 11.1 Å². The number of benzene rings is 10. The molecule has 0 aliphatic heterocycles. The fourth-order valence-electron chi connectivity index (χ4n) is 9.82. The summed E-state index contributed by atoms with van der Waals surface area (Å²) in [5.74, 6) is -1.27. The summed E-state index contributed by atoms with van der Waals surface area (Å²) in [4.78, 5) is 8.45. The molecule has 18 nitrogen and oxygen atoms in total. The van der Waals surface area contributed by atoms with Crippen LogP contribution in [0.3, 0.4) is 0 Å². The van der Waals surface area contributed by atoms with Gasteiger partial charge in [-0.05, 0) is 108 Å². The Hall–Kier alpha value is -10.1. The van der Waals surface area contributed by atoms with Gasteiger partial charge in [0.2, 0.25) is 33.4 Å². The zero-order valence-corrected chi connectivity index (χ0v) is 44.8. The molecule has 10 rings (SSSR count). The van der Waals surface area contributed by atoms with E-state index in [-0.39, 0.29) is 81.3 Å². The predicted molar refractivity (Wildman–Crippen MR) is 298 cm³/mol. The van der Waals surface area contributed by atoms with Crippen LogP contribution in [0.2, 0.25) is 0 Å². The Kier molecular flexibility index (Phi) is 13.3. The summed E-state index contributed by atoms with van der Waals surface area (Å²) < 4.78 is 99.4. The molecule has 0 radical (unpaired) electrons. The lowest BCUT2D eigenvalue weighted by Crippen LogP contribution is -2.26. The number of phenols is 3. The topological polar surface area (TPSA) is 275 Å². The molecule has 0 bridgehead atoms. The highest BCUT2D eigenvalue weighted by atomic mass is 32.2. The summed E-state index contributed by atoms with van der Waals surface area (Å²) in [5, 5.41) is 60.5. The van der Waals surface area contributed by atoms with Crippen LogP contribution in [0.25, 0.3) is 47.2 Å². The highest BCUT2D eigenvalue weighted by Gasteiger charge is 2.34. The van der Waals surface area contributed by atoms with Crippen molar-refractivity contribution in [3.8, 4) is 34.5 Å². The monoisotopic (exact) mass is 1120 g/mol. The Morgan fingerprint density at radius 2 is 0.588 bits per heavy atom. The minimum absolute atomic E-state index is 0.0348. The number of nitrogens with zero attached hydrogens (tertiary/aromatic N) is 6. The highest BCUT2D eigenvalue weighted by molar-refractivity contribution is 7.88. The quantitative estimate of drug-likeness (QED) is 0.0519. The lowest BCUT2D eigenvalue weighted by Gasteiger charge is -2.33. The first-order valence-corrected chi connectivity index (χ1v) is 28.4. The van der Waals surface area contributed by atoms with Gasteiger partial charge in [0.1, 0.15) is 31.9 Å². The maximum Gasteiger partial charge on any atom is 0.426 e. The molecular formula is C59H43N6O12S3+3. The van der Waals surface area contributed by atoms with Crippen LogP contribution in [-0.4, -0.2) is 40.6 Å². The van der Waals surface area contributed by atoms with Crippen LogP contribution >= 0.6 is 0 Å². The van der Waals surface area contributed by atoms with Crippen molar-refractivity contribution < 1.29 is 53.1 Å². The van der Waals surface area contributed by atoms with Gasteiger partial charge in [0.25, 0.3) is 0 Å². The van der Waals surface area contributed by atoms with Gasteiger partial charge in [0.15, 0.2) is 14.9 Å². The van der Waals surface area contributed by atoms with Crippen LogP contribution in [0.1, 0.15) is 48.6 Å². The van der Waals surface area contributed by atoms with Crippen molar-refractivity contribution in [2.75, 3.05) is 0 Å². The summed E-state index contributed by atoms with van der Waals surface area (Å²) >= 11 is 0. The van der Waals surface area contributed by atoms with Gasteiger partial charge in [0.05, 0.1) is 0 Å². The number of hydrogen-bond acceptors (Lipinski definition) is 15. The molecule has 0 atom stereocenters. The predicted octanol–water partition coefficient (Wildman–Crippen LogP) is 13.7. The number of phenolic OH excluding ortho intramolecular Hbond substituents is 3. The number of fused-ring (bicyclic) bond motifs is 3. The molecule has 0 spiro atoms. The minimum atomic E-state index is -4.51. The van der Waals surface area contributed by atoms with Gasteiger partial charge >= 0.3 is 47.4 Å². The molecule has 0 fully saturated rings. The molecule has 10 aromatic carbocycles. The number of diazo groups is 3. The fraction of sp³-hybridized carbons (Fsp3) is 0.0847. The van der Waals surface area contributed by atoms with Gasteiger partial charge in [-0.2, -0.15) is 25.3 Å². The third-order valence-electron chi connectivity index (χ3n) is 14.3. The third-order valence-corrected chi connectivity index (χ3v) is 18.2. The maximum atomic E-state index is 13.8. The van der Waals surface area contributed by atoms with E-state index in [9.17, 15) is 56.8 Å². The molecule has 3 N–H and O–H groups in total. The van der Waals surface area contributed by atoms with Crippen LogP contribution in [0.5, 0.6) is 34.5 Å². The lowest BCUT2D eigenvalue weighted by atomic mass is 9.70. The fourth-order valence-corrected chi connectivity index (χ4v) is 13.3. The second-order valence-electron chi connectivity index (χ2n) is 19.2. The van der Waals surface area contributed by atoms with Crippen molar-refractivity contribution in [1.29, 1.82) is 16.2 Å². The SMILES string of the molecule is CC(C)(c1ccc(OS(=O)(=O)c2cccc3c(O)c([N+]#N)ccc23)cc1)c1ccc(C(C)(c2ccc(OS(=O)(=O)c3cccc4c(O)c([N+]#N)ccc34)cc2)c2ccc(OS(=O)(=O)c3cccc4c(O)c([N+]#N)ccc34)cc2)cc1. The first-order chi connectivity index (χ1) is 38.1. The van der Waals surface area contributed by atoms with Crippen molar-refractivity contribution in [3.63, 3.8) is 0 Å². The summed E-state index contributed by atoms with van der Waals surface area (Å²) in [6.07, 6.45) is 0. The molecule has 0 aliphatic carbocycles.